The molecule has 0 amide bonds. The van der Waals surface area contributed by atoms with Crippen LogP contribution in [0.15, 0.2) is 54.6 Å². The third kappa shape index (κ3) is 2.95. The monoisotopic (exact) mass is 198 g/mol. The quantitative estimate of drug-likeness (QED) is 0.626. The van der Waals surface area contributed by atoms with E-state index in [1.165, 1.54) is 22.3 Å². The molecule has 0 nitrogen and oxygen atoms in total. The van der Waals surface area contributed by atoms with Crippen molar-refractivity contribution in [1.29, 1.82) is 0 Å². The minimum Gasteiger partial charge on any atom is -0.0984 e. The van der Waals surface area contributed by atoms with Gasteiger partial charge >= 0.3 is 0 Å². The van der Waals surface area contributed by atoms with E-state index < -0.39 is 0 Å². The molecule has 1 aromatic carbocycles. The Morgan fingerprint density at radius 3 is 2.27 bits per heavy atom. The first-order valence-corrected chi connectivity index (χ1v) is 5.22. The molecule has 0 aliphatic heterocycles. The molecule has 0 aliphatic rings. The zero-order valence-corrected chi connectivity index (χ0v) is 9.75. The van der Waals surface area contributed by atoms with Crippen LogP contribution in [0.1, 0.15) is 25.0 Å². The van der Waals surface area contributed by atoms with Crippen LogP contribution in [-0.2, 0) is 0 Å². The number of rotatable bonds is 3. The van der Waals surface area contributed by atoms with E-state index in [4.69, 9.17) is 0 Å². The van der Waals surface area contributed by atoms with Gasteiger partial charge in [-0.3, -0.25) is 0 Å². The highest BCUT2D eigenvalue weighted by Crippen LogP contribution is 2.20. The fourth-order valence-electron chi connectivity index (χ4n) is 1.58. The molecular formula is C15H18. The Morgan fingerprint density at radius 2 is 1.80 bits per heavy atom. The van der Waals surface area contributed by atoms with Crippen LogP contribution in [0.4, 0.5) is 0 Å². The van der Waals surface area contributed by atoms with E-state index in [1.54, 1.807) is 0 Å². The van der Waals surface area contributed by atoms with E-state index >= 15 is 0 Å². The number of hydrogen-bond acceptors (Lipinski definition) is 0. The van der Waals surface area contributed by atoms with E-state index in [1.807, 2.05) is 19.1 Å². The van der Waals surface area contributed by atoms with Crippen molar-refractivity contribution in [2.45, 2.75) is 20.8 Å². The zero-order valence-electron chi connectivity index (χ0n) is 9.75. The highest BCUT2D eigenvalue weighted by atomic mass is 14.0. The van der Waals surface area contributed by atoms with Crippen LogP contribution in [-0.4, -0.2) is 0 Å². The third-order valence-corrected chi connectivity index (χ3v) is 2.41. The van der Waals surface area contributed by atoms with E-state index in [-0.39, 0.29) is 0 Å². The molecule has 0 heterocycles. The predicted octanol–water partition coefficient (Wildman–Crippen LogP) is 4.53. The van der Waals surface area contributed by atoms with Crippen LogP contribution in [0.2, 0.25) is 0 Å². The Kier molecular flexibility index (Phi) is 4.11. The van der Waals surface area contributed by atoms with Gasteiger partial charge in [0.15, 0.2) is 0 Å². The summed E-state index contributed by atoms with van der Waals surface area (Å²) in [5.74, 6) is 0. The standard InChI is InChI=1S/C15H18/c1-5-7-13(4)15(6-2)14-10-8-12(3)9-11-14/h5-11H,2H2,1,3-4H3/b7-5-,15-13+. The van der Waals surface area contributed by atoms with Crippen molar-refractivity contribution in [1.82, 2.24) is 0 Å². The smallest absolute Gasteiger partial charge is 0.0161 e. The summed E-state index contributed by atoms with van der Waals surface area (Å²) < 4.78 is 0. The highest BCUT2D eigenvalue weighted by molar-refractivity contribution is 5.77. The molecule has 0 atom stereocenters. The second kappa shape index (κ2) is 5.35. The first-order chi connectivity index (χ1) is 7.19. The number of hydrogen-bond donors (Lipinski definition) is 0. The maximum atomic E-state index is 3.87. The van der Waals surface area contributed by atoms with Crippen LogP contribution >= 0.6 is 0 Å². The number of aryl methyl sites for hydroxylation is 1. The van der Waals surface area contributed by atoms with Gasteiger partial charge in [-0.05, 0) is 37.5 Å². The van der Waals surface area contributed by atoms with Crippen molar-refractivity contribution in [3.63, 3.8) is 0 Å². The van der Waals surface area contributed by atoms with Crippen LogP contribution in [0.25, 0.3) is 5.57 Å². The maximum absolute atomic E-state index is 3.87. The SMILES string of the molecule is C=C/C(=C(C)\C=C/C)c1ccc(C)cc1. The van der Waals surface area contributed by atoms with E-state index in [0.29, 0.717) is 0 Å². The predicted molar refractivity (Wildman–Crippen MR) is 68.8 cm³/mol. The van der Waals surface area contributed by atoms with Crippen LogP contribution < -0.4 is 0 Å². The Bertz CT molecular complexity index is 389. The molecule has 1 aromatic rings. The van der Waals surface area contributed by atoms with E-state index in [2.05, 4.69) is 50.8 Å². The second-order valence-corrected chi connectivity index (χ2v) is 3.67. The van der Waals surface area contributed by atoms with Crippen LogP contribution in [0.3, 0.4) is 0 Å². The normalized spacial score (nSPS) is 12.7. The summed E-state index contributed by atoms with van der Waals surface area (Å²) in [4.78, 5) is 0. The molecule has 0 aliphatic carbocycles. The lowest BCUT2D eigenvalue weighted by Crippen LogP contribution is -1.84. The molecule has 0 fully saturated rings. The fourth-order valence-corrected chi connectivity index (χ4v) is 1.58. The Morgan fingerprint density at radius 1 is 1.20 bits per heavy atom. The van der Waals surface area contributed by atoms with E-state index in [0.717, 1.165) is 0 Å². The lowest BCUT2D eigenvalue weighted by Gasteiger charge is -2.06. The van der Waals surface area contributed by atoms with Crippen LogP contribution in [0, 0.1) is 6.92 Å². The largest absolute Gasteiger partial charge is 0.0984 e. The molecule has 0 aromatic heterocycles. The summed E-state index contributed by atoms with van der Waals surface area (Å²) in [7, 11) is 0. The molecule has 0 radical (unpaired) electrons. The zero-order chi connectivity index (χ0) is 11.3. The molecule has 1 rings (SSSR count). The van der Waals surface area contributed by atoms with Crippen LogP contribution in [0.5, 0.6) is 0 Å². The van der Waals surface area contributed by atoms with Gasteiger partial charge in [0.25, 0.3) is 0 Å². The average Bonchev–Trinajstić information content (AvgIpc) is 2.22. The molecular weight excluding hydrogens is 180 g/mol. The first-order valence-electron chi connectivity index (χ1n) is 5.22. The maximum Gasteiger partial charge on any atom is -0.0161 e. The fraction of sp³-hybridized carbons (Fsp3) is 0.200. The lowest BCUT2D eigenvalue weighted by atomic mass is 9.99. The van der Waals surface area contributed by atoms with Gasteiger partial charge in [-0.2, -0.15) is 0 Å². The summed E-state index contributed by atoms with van der Waals surface area (Å²) in [5.41, 5.74) is 4.96. The molecule has 0 bridgehead atoms. The number of allylic oxidation sites excluding steroid dienone is 5. The summed E-state index contributed by atoms with van der Waals surface area (Å²) >= 11 is 0. The van der Waals surface area contributed by atoms with Gasteiger partial charge in [0.1, 0.15) is 0 Å². The van der Waals surface area contributed by atoms with Gasteiger partial charge in [-0.15, -0.1) is 0 Å². The molecule has 0 unspecified atom stereocenters. The summed E-state index contributed by atoms with van der Waals surface area (Å²) in [6.07, 6.45) is 6.07. The van der Waals surface area contributed by atoms with E-state index in [9.17, 15) is 0 Å². The molecule has 78 valence electrons. The van der Waals surface area contributed by atoms with Gasteiger partial charge in [0.05, 0.1) is 0 Å². The van der Waals surface area contributed by atoms with Gasteiger partial charge in [-0.25, -0.2) is 0 Å². The van der Waals surface area contributed by atoms with Crippen molar-refractivity contribution in [2.75, 3.05) is 0 Å². The molecule has 0 saturated carbocycles. The Balaban J connectivity index is 3.18. The third-order valence-electron chi connectivity index (χ3n) is 2.41. The van der Waals surface area contributed by atoms with Gasteiger partial charge < -0.3 is 0 Å². The average molecular weight is 198 g/mol. The van der Waals surface area contributed by atoms with Gasteiger partial charge in [-0.1, -0.05) is 54.6 Å². The molecule has 15 heavy (non-hydrogen) atoms. The van der Waals surface area contributed by atoms with Crippen molar-refractivity contribution in [3.05, 3.63) is 65.8 Å². The first kappa shape index (κ1) is 11.5. The van der Waals surface area contributed by atoms with Gasteiger partial charge in [0.2, 0.25) is 0 Å². The lowest BCUT2D eigenvalue weighted by molar-refractivity contribution is 1.43. The number of benzene rings is 1. The molecule has 0 saturated heterocycles. The minimum absolute atomic E-state index is 1.20. The van der Waals surface area contributed by atoms with Gasteiger partial charge in [0, 0.05) is 0 Å². The summed E-state index contributed by atoms with van der Waals surface area (Å²) in [6.45, 7) is 10.1. The Labute approximate surface area is 92.6 Å². The molecule has 0 spiro atoms. The summed E-state index contributed by atoms with van der Waals surface area (Å²) in [5, 5.41) is 0. The topological polar surface area (TPSA) is 0 Å². The van der Waals surface area contributed by atoms with Crippen molar-refractivity contribution in [2.24, 2.45) is 0 Å². The Hall–Kier alpha value is -1.56. The van der Waals surface area contributed by atoms with Crippen molar-refractivity contribution in [3.8, 4) is 0 Å². The van der Waals surface area contributed by atoms with Crippen molar-refractivity contribution < 1.29 is 0 Å². The summed E-state index contributed by atoms with van der Waals surface area (Å²) in [6, 6.07) is 8.53. The van der Waals surface area contributed by atoms with Crippen molar-refractivity contribution >= 4 is 5.57 Å². The second-order valence-electron chi connectivity index (χ2n) is 3.67. The molecule has 0 N–H and O–H groups in total. The highest BCUT2D eigenvalue weighted by Gasteiger charge is 1.99. The minimum atomic E-state index is 1.20. The molecule has 0 heteroatoms.